The Morgan fingerprint density at radius 2 is 1.80 bits per heavy atom. The van der Waals surface area contributed by atoms with E-state index in [4.69, 9.17) is 4.52 Å². The summed E-state index contributed by atoms with van der Waals surface area (Å²) in [5.74, 6) is 0.967. The summed E-state index contributed by atoms with van der Waals surface area (Å²) in [6.45, 7) is 10.1. The Hall–Kier alpha value is -2.40. The van der Waals surface area contributed by atoms with Gasteiger partial charge in [0.1, 0.15) is 5.76 Å². The topological polar surface area (TPSA) is 49.6 Å². The van der Waals surface area contributed by atoms with Gasteiger partial charge in [0.2, 0.25) is 5.91 Å². The number of carbonyl (C=O) groups excluding carboxylic acids is 1. The van der Waals surface area contributed by atoms with Crippen molar-refractivity contribution in [2.45, 2.75) is 27.3 Å². The van der Waals surface area contributed by atoms with Crippen LogP contribution in [0.5, 0.6) is 0 Å². The number of piperazine rings is 1. The predicted molar refractivity (Wildman–Crippen MR) is 98.0 cm³/mol. The van der Waals surface area contributed by atoms with Gasteiger partial charge in [0.15, 0.2) is 0 Å². The summed E-state index contributed by atoms with van der Waals surface area (Å²) in [7, 11) is 0. The van der Waals surface area contributed by atoms with E-state index in [1.165, 1.54) is 11.1 Å². The van der Waals surface area contributed by atoms with Crippen molar-refractivity contribution in [2.75, 3.05) is 26.2 Å². The van der Waals surface area contributed by atoms with Crippen molar-refractivity contribution < 1.29 is 9.32 Å². The van der Waals surface area contributed by atoms with E-state index < -0.39 is 0 Å². The van der Waals surface area contributed by atoms with Crippen LogP contribution in [0.4, 0.5) is 0 Å². The molecule has 1 fully saturated rings. The molecule has 132 valence electrons. The van der Waals surface area contributed by atoms with Crippen LogP contribution in [0.1, 0.15) is 28.1 Å². The summed E-state index contributed by atoms with van der Waals surface area (Å²) in [6.07, 6.45) is 3.56. The normalized spacial score (nSPS) is 15.9. The molecule has 0 spiro atoms. The highest BCUT2D eigenvalue weighted by molar-refractivity contribution is 5.91. The molecule has 0 bridgehead atoms. The van der Waals surface area contributed by atoms with Gasteiger partial charge < -0.3 is 9.42 Å². The Kier molecular flexibility index (Phi) is 5.34. The molecule has 5 nitrogen and oxygen atoms in total. The van der Waals surface area contributed by atoms with Gasteiger partial charge in [0, 0.05) is 44.4 Å². The quantitative estimate of drug-likeness (QED) is 0.804. The number of aromatic nitrogens is 1. The van der Waals surface area contributed by atoms with Gasteiger partial charge >= 0.3 is 0 Å². The number of hydrogen-bond acceptors (Lipinski definition) is 4. The fraction of sp³-hybridized carbons (Fsp3) is 0.400. The predicted octanol–water partition coefficient (Wildman–Crippen LogP) is 2.96. The average molecular weight is 339 g/mol. The number of amides is 1. The molecule has 0 atom stereocenters. The van der Waals surface area contributed by atoms with Crippen molar-refractivity contribution in [2.24, 2.45) is 0 Å². The Labute approximate surface area is 148 Å². The molecule has 1 aromatic carbocycles. The van der Waals surface area contributed by atoms with E-state index >= 15 is 0 Å². The first-order valence-corrected chi connectivity index (χ1v) is 8.70. The van der Waals surface area contributed by atoms with Crippen LogP contribution >= 0.6 is 0 Å². The smallest absolute Gasteiger partial charge is 0.246 e. The number of rotatable bonds is 4. The van der Waals surface area contributed by atoms with E-state index in [1.807, 2.05) is 37.0 Å². The molecular weight excluding hydrogens is 314 g/mol. The highest BCUT2D eigenvalue weighted by Gasteiger charge is 2.21. The molecule has 0 aliphatic carbocycles. The standard InChI is InChI=1S/C20H25N3O2/c1-15-4-6-18(7-5-15)8-9-20(24)23-12-10-22(11-13-23)14-19-16(2)21-25-17(19)3/h4-9H,10-14H2,1-3H3. The van der Waals surface area contributed by atoms with Crippen molar-refractivity contribution >= 4 is 12.0 Å². The number of nitrogens with zero attached hydrogens (tertiary/aromatic N) is 3. The number of carbonyl (C=O) groups is 1. The van der Waals surface area contributed by atoms with Gasteiger partial charge in [-0.3, -0.25) is 9.69 Å². The Morgan fingerprint density at radius 1 is 1.12 bits per heavy atom. The molecule has 0 unspecified atom stereocenters. The molecule has 2 aromatic rings. The number of benzene rings is 1. The molecule has 0 N–H and O–H groups in total. The average Bonchev–Trinajstić information content (AvgIpc) is 2.93. The van der Waals surface area contributed by atoms with Crippen molar-refractivity contribution in [3.63, 3.8) is 0 Å². The lowest BCUT2D eigenvalue weighted by Crippen LogP contribution is -2.47. The highest BCUT2D eigenvalue weighted by Crippen LogP contribution is 2.16. The zero-order chi connectivity index (χ0) is 17.8. The van der Waals surface area contributed by atoms with Crippen LogP contribution in [0, 0.1) is 20.8 Å². The van der Waals surface area contributed by atoms with Crippen LogP contribution in [0.25, 0.3) is 6.08 Å². The fourth-order valence-corrected chi connectivity index (χ4v) is 3.03. The monoisotopic (exact) mass is 339 g/mol. The molecule has 25 heavy (non-hydrogen) atoms. The van der Waals surface area contributed by atoms with Crippen LogP contribution in [-0.2, 0) is 11.3 Å². The van der Waals surface area contributed by atoms with Gasteiger partial charge in [-0.25, -0.2) is 0 Å². The minimum Gasteiger partial charge on any atom is -0.361 e. The first-order chi connectivity index (χ1) is 12.0. The minimum atomic E-state index is 0.0811. The second-order valence-electron chi connectivity index (χ2n) is 6.65. The summed E-state index contributed by atoms with van der Waals surface area (Å²) in [5, 5.41) is 4.01. The van der Waals surface area contributed by atoms with Crippen LogP contribution in [0.15, 0.2) is 34.9 Å². The lowest BCUT2D eigenvalue weighted by molar-refractivity contribution is -0.127. The Morgan fingerprint density at radius 3 is 2.40 bits per heavy atom. The molecule has 1 aliphatic rings. The summed E-state index contributed by atoms with van der Waals surface area (Å²) >= 11 is 0. The molecule has 1 saturated heterocycles. The van der Waals surface area contributed by atoms with Gasteiger partial charge in [-0.05, 0) is 32.4 Å². The fourth-order valence-electron chi connectivity index (χ4n) is 3.03. The van der Waals surface area contributed by atoms with E-state index in [0.717, 1.165) is 49.7 Å². The maximum Gasteiger partial charge on any atom is 0.246 e. The largest absolute Gasteiger partial charge is 0.361 e. The van der Waals surface area contributed by atoms with Crippen LogP contribution < -0.4 is 0 Å². The van der Waals surface area contributed by atoms with Gasteiger partial charge in [-0.1, -0.05) is 35.0 Å². The molecular formula is C20H25N3O2. The Bertz CT molecular complexity index is 734. The van der Waals surface area contributed by atoms with E-state index in [0.29, 0.717) is 0 Å². The molecule has 1 aromatic heterocycles. The number of aryl methyl sites for hydroxylation is 3. The molecule has 0 radical (unpaired) electrons. The lowest BCUT2D eigenvalue weighted by atomic mass is 10.1. The van der Waals surface area contributed by atoms with Crippen LogP contribution in [0.3, 0.4) is 0 Å². The first-order valence-electron chi connectivity index (χ1n) is 8.70. The molecule has 0 saturated carbocycles. The third-order valence-electron chi connectivity index (χ3n) is 4.74. The summed E-state index contributed by atoms with van der Waals surface area (Å²) in [4.78, 5) is 16.6. The zero-order valence-electron chi connectivity index (χ0n) is 15.2. The summed E-state index contributed by atoms with van der Waals surface area (Å²) in [6, 6.07) is 8.16. The van der Waals surface area contributed by atoms with Crippen molar-refractivity contribution in [1.29, 1.82) is 0 Å². The maximum atomic E-state index is 12.4. The number of hydrogen-bond donors (Lipinski definition) is 0. The van der Waals surface area contributed by atoms with Crippen LogP contribution in [-0.4, -0.2) is 47.0 Å². The van der Waals surface area contributed by atoms with E-state index in [-0.39, 0.29) is 5.91 Å². The maximum absolute atomic E-state index is 12.4. The van der Waals surface area contributed by atoms with Gasteiger partial charge in [-0.15, -0.1) is 0 Å². The highest BCUT2D eigenvalue weighted by atomic mass is 16.5. The third kappa shape index (κ3) is 4.37. The van der Waals surface area contributed by atoms with Gasteiger partial charge in [0.05, 0.1) is 5.69 Å². The van der Waals surface area contributed by atoms with Crippen molar-refractivity contribution in [3.8, 4) is 0 Å². The lowest BCUT2D eigenvalue weighted by Gasteiger charge is -2.34. The summed E-state index contributed by atoms with van der Waals surface area (Å²) in [5.41, 5.74) is 4.39. The van der Waals surface area contributed by atoms with E-state index in [2.05, 4.69) is 29.1 Å². The first kappa shape index (κ1) is 17.4. The molecule has 5 heteroatoms. The van der Waals surface area contributed by atoms with E-state index in [1.54, 1.807) is 6.08 Å². The second-order valence-corrected chi connectivity index (χ2v) is 6.65. The molecule has 3 rings (SSSR count). The second kappa shape index (κ2) is 7.66. The van der Waals surface area contributed by atoms with Crippen molar-refractivity contribution in [3.05, 3.63) is 58.5 Å². The van der Waals surface area contributed by atoms with Gasteiger partial charge in [-0.2, -0.15) is 0 Å². The molecule has 1 aliphatic heterocycles. The molecule has 2 heterocycles. The minimum absolute atomic E-state index is 0.0811. The van der Waals surface area contributed by atoms with E-state index in [9.17, 15) is 4.79 Å². The zero-order valence-corrected chi connectivity index (χ0v) is 15.2. The molecule has 1 amide bonds. The van der Waals surface area contributed by atoms with Crippen molar-refractivity contribution in [1.82, 2.24) is 15.0 Å². The van der Waals surface area contributed by atoms with Crippen LogP contribution in [0.2, 0.25) is 0 Å². The SMILES string of the molecule is Cc1ccc(C=CC(=O)N2CCN(Cc3c(C)noc3C)CC2)cc1. The Balaban J connectivity index is 1.51. The van der Waals surface area contributed by atoms with Gasteiger partial charge in [0.25, 0.3) is 0 Å². The summed E-state index contributed by atoms with van der Waals surface area (Å²) < 4.78 is 5.23. The third-order valence-corrected chi connectivity index (χ3v) is 4.74.